The second-order valence-corrected chi connectivity index (χ2v) is 5.90. The molecule has 1 unspecified atom stereocenters. The Bertz CT molecular complexity index is 468. The van der Waals surface area contributed by atoms with E-state index in [1.54, 1.807) is 7.11 Å². The van der Waals surface area contributed by atoms with Crippen molar-refractivity contribution >= 4 is 5.91 Å². The summed E-state index contributed by atoms with van der Waals surface area (Å²) in [5.41, 5.74) is 0.643. The first-order valence-electron chi connectivity index (χ1n) is 7.81. The van der Waals surface area contributed by atoms with E-state index in [0.29, 0.717) is 17.4 Å². The molecule has 1 fully saturated rings. The zero-order valence-electron chi connectivity index (χ0n) is 13.3. The highest BCUT2D eigenvalue weighted by molar-refractivity contribution is 5.97. The quantitative estimate of drug-likeness (QED) is 0.906. The molecule has 4 nitrogen and oxygen atoms in total. The first kappa shape index (κ1) is 15.8. The Hall–Kier alpha value is -1.55. The number of methoxy groups -OCH3 is 1. The summed E-state index contributed by atoms with van der Waals surface area (Å²) in [6, 6.07) is 8.02. The Balaban J connectivity index is 2.14. The predicted octanol–water partition coefficient (Wildman–Crippen LogP) is 2.69. The van der Waals surface area contributed by atoms with Gasteiger partial charge in [0.05, 0.1) is 12.7 Å². The van der Waals surface area contributed by atoms with Crippen LogP contribution in [0.4, 0.5) is 0 Å². The first-order chi connectivity index (χ1) is 10.1. The molecule has 1 amide bonds. The summed E-state index contributed by atoms with van der Waals surface area (Å²) < 4.78 is 5.32. The van der Waals surface area contributed by atoms with Crippen molar-refractivity contribution in [1.29, 1.82) is 0 Å². The van der Waals surface area contributed by atoms with Gasteiger partial charge in [-0.1, -0.05) is 18.6 Å². The van der Waals surface area contributed by atoms with Crippen LogP contribution >= 0.6 is 0 Å². The smallest absolute Gasteiger partial charge is 0.257 e. The van der Waals surface area contributed by atoms with Crippen LogP contribution in [0.2, 0.25) is 0 Å². The minimum atomic E-state index is 0.0508. The molecule has 0 spiro atoms. The molecule has 116 valence electrons. The van der Waals surface area contributed by atoms with Gasteiger partial charge in [0.1, 0.15) is 5.75 Å². The average Bonchev–Trinajstić information content (AvgIpc) is 2.52. The maximum atomic E-state index is 12.9. The van der Waals surface area contributed by atoms with E-state index in [-0.39, 0.29) is 11.9 Å². The van der Waals surface area contributed by atoms with Crippen LogP contribution < -0.4 is 10.1 Å². The third-order valence-electron chi connectivity index (χ3n) is 4.05. The normalized spacial score (nSPS) is 18.6. The lowest BCUT2D eigenvalue weighted by atomic mass is 10.0. The molecule has 21 heavy (non-hydrogen) atoms. The summed E-state index contributed by atoms with van der Waals surface area (Å²) in [6.07, 6.45) is 3.62. The Morgan fingerprint density at radius 2 is 2.14 bits per heavy atom. The van der Waals surface area contributed by atoms with Crippen LogP contribution in [0.3, 0.4) is 0 Å². The molecule has 2 rings (SSSR count). The SMILES string of the molecule is COc1ccccc1C(=O)N(CC1CCCCN1)C(C)C. The molecule has 0 bridgehead atoms. The lowest BCUT2D eigenvalue weighted by molar-refractivity contribution is 0.0673. The number of rotatable bonds is 5. The maximum absolute atomic E-state index is 12.9. The molecule has 1 saturated heterocycles. The number of benzene rings is 1. The molecule has 1 aromatic carbocycles. The fourth-order valence-corrected chi connectivity index (χ4v) is 2.82. The molecule has 1 heterocycles. The average molecular weight is 290 g/mol. The van der Waals surface area contributed by atoms with Crippen LogP contribution in [0, 0.1) is 0 Å². The molecule has 1 aliphatic heterocycles. The van der Waals surface area contributed by atoms with Crippen molar-refractivity contribution in [2.75, 3.05) is 20.2 Å². The van der Waals surface area contributed by atoms with E-state index in [1.165, 1.54) is 12.8 Å². The number of nitrogens with one attached hydrogen (secondary N) is 1. The summed E-state index contributed by atoms with van der Waals surface area (Å²) in [4.78, 5) is 14.8. The summed E-state index contributed by atoms with van der Waals surface area (Å²) in [5.74, 6) is 0.694. The number of carbonyl (C=O) groups is 1. The topological polar surface area (TPSA) is 41.6 Å². The number of amides is 1. The number of hydrogen-bond donors (Lipinski definition) is 1. The Labute approximate surface area is 127 Å². The molecular weight excluding hydrogens is 264 g/mol. The molecule has 0 aliphatic carbocycles. The highest BCUT2D eigenvalue weighted by atomic mass is 16.5. The summed E-state index contributed by atoms with van der Waals surface area (Å²) in [6.45, 7) is 5.94. The van der Waals surface area contributed by atoms with E-state index in [2.05, 4.69) is 19.2 Å². The van der Waals surface area contributed by atoms with Crippen LogP contribution in [-0.4, -0.2) is 43.1 Å². The second-order valence-electron chi connectivity index (χ2n) is 5.90. The van der Waals surface area contributed by atoms with Crippen LogP contribution in [0.1, 0.15) is 43.5 Å². The highest BCUT2D eigenvalue weighted by Crippen LogP contribution is 2.21. The van der Waals surface area contributed by atoms with E-state index >= 15 is 0 Å². The molecule has 4 heteroatoms. The van der Waals surface area contributed by atoms with E-state index in [4.69, 9.17) is 4.74 Å². The van der Waals surface area contributed by atoms with Gasteiger partial charge < -0.3 is 15.0 Å². The zero-order valence-corrected chi connectivity index (χ0v) is 13.3. The molecule has 0 aromatic heterocycles. The van der Waals surface area contributed by atoms with E-state index < -0.39 is 0 Å². The van der Waals surface area contributed by atoms with Gasteiger partial charge in [0.15, 0.2) is 0 Å². The van der Waals surface area contributed by atoms with Gasteiger partial charge in [-0.15, -0.1) is 0 Å². The van der Waals surface area contributed by atoms with E-state index in [9.17, 15) is 4.79 Å². The minimum Gasteiger partial charge on any atom is -0.496 e. The molecule has 1 atom stereocenters. The Morgan fingerprint density at radius 3 is 2.76 bits per heavy atom. The van der Waals surface area contributed by atoms with Gasteiger partial charge in [0.2, 0.25) is 0 Å². The van der Waals surface area contributed by atoms with Gasteiger partial charge in [-0.3, -0.25) is 4.79 Å². The fourth-order valence-electron chi connectivity index (χ4n) is 2.82. The van der Waals surface area contributed by atoms with Crippen molar-refractivity contribution in [3.05, 3.63) is 29.8 Å². The number of hydrogen-bond acceptors (Lipinski definition) is 3. The van der Waals surface area contributed by atoms with Crippen LogP contribution in [0.5, 0.6) is 5.75 Å². The minimum absolute atomic E-state index is 0.0508. The Morgan fingerprint density at radius 1 is 1.38 bits per heavy atom. The van der Waals surface area contributed by atoms with Crippen LogP contribution in [-0.2, 0) is 0 Å². The van der Waals surface area contributed by atoms with Crippen molar-refractivity contribution < 1.29 is 9.53 Å². The zero-order chi connectivity index (χ0) is 15.2. The number of para-hydroxylation sites is 1. The van der Waals surface area contributed by atoms with Gasteiger partial charge in [0.25, 0.3) is 5.91 Å². The first-order valence-corrected chi connectivity index (χ1v) is 7.81. The van der Waals surface area contributed by atoms with Crippen LogP contribution in [0.15, 0.2) is 24.3 Å². The molecule has 0 radical (unpaired) electrons. The van der Waals surface area contributed by atoms with Crippen molar-refractivity contribution in [1.82, 2.24) is 10.2 Å². The number of piperidine rings is 1. The van der Waals surface area contributed by atoms with Crippen molar-refractivity contribution in [3.63, 3.8) is 0 Å². The van der Waals surface area contributed by atoms with E-state index in [1.807, 2.05) is 29.2 Å². The van der Waals surface area contributed by atoms with Crippen molar-refractivity contribution in [3.8, 4) is 5.75 Å². The van der Waals surface area contributed by atoms with E-state index in [0.717, 1.165) is 19.5 Å². The van der Waals surface area contributed by atoms with Crippen molar-refractivity contribution in [2.45, 2.75) is 45.2 Å². The number of ether oxygens (including phenoxy) is 1. The standard InChI is InChI=1S/C17H26N2O2/c1-13(2)19(12-14-8-6-7-11-18-14)17(20)15-9-4-5-10-16(15)21-3/h4-5,9-10,13-14,18H,6-8,11-12H2,1-3H3. The Kier molecular flexibility index (Phi) is 5.62. The number of carbonyl (C=O) groups excluding carboxylic acids is 1. The lowest BCUT2D eigenvalue weighted by Gasteiger charge is -2.33. The summed E-state index contributed by atoms with van der Waals surface area (Å²) in [5, 5.41) is 3.51. The van der Waals surface area contributed by atoms with Gasteiger partial charge >= 0.3 is 0 Å². The maximum Gasteiger partial charge on any atom is 0.257 e. The molecule has 0 saturated carbocycles. The third-order valence-corrected chi connectivity index (χ3v) is 4.05. The van der Waals surface area contributed by atoms with Gasteiger partial charge in [-0.05, 0) is 45.4 Å². The van der Waals surface area contributed by atoms with Crippen LogP contribution in [0.25, 0.3) is 0 Å². The molecule has 1 N–H and O–H groups in total. The molecular formula is C17H26N2O2. The fraction of sp³-hybridized carbons (Fsp3) is 0.588. The molecule has 1 aliphatic rings. The largest absolute Gasteiger partial charge is 0.496 e. The lowest BCUT2D eigenvalue weighted by Crippen LogP contribution is -2.48. The van der Waals surface area contributed by atoms with Gasteiger partial charge in [-0.2, -0.15) is 0 Å². The van der Waals surface area contributed by atoms with Gasteiger partial charge in [0, 0.05) is 18.6 Å². The highest BCUT2D eigenvalue weighted by Gasteiger charge is 2.25. The second kappa shape index (κ2) is 7.46. The third kappa shape index (κ3) is 3.97. The number of nitrogens with zero attached hydrogens (tertiary/aromatic N) is 1. The van der Waals surface area contributed by atoms with Gasteiger partial charge in [-0.25, -0.2) is 0 Å². The summed E-state index contributed by atoms with van der Waals surface area (Å²) >= 11 is 0. The molecule has 1 aromatic rings. The predicted molar refractivity (Wildman–Crippen MR) is 84.8 cm³/mol. The monoisotopic (exact) mass is 290 g/mol. The summed E-state index contributed by atoms with van der Waals surface area (Å²) in [7, 11) is 1.61. The van der Waals surface area contributed by atoms with Crippen molar-refractivity contribution in [2.24, 2.45) is 0 Å².